The van der Waals surface area contributed by atoms with Crippen molar-refractivity contribution in [1.29, 1.82) is 0 Å². The van der Waals surface area contributed by atoms with Gasteiger partial charge in [0.1, 0.15) is 0 Å². The van der Waals surface area contributed by atoms with Crippen LogP contribution in [0, 0.1) is 0 Å². The highest BCUT2D eigenvalue weighted by Gasteiger charge is 2.30. The van der Waals surface area contributed by atoms with E-state index >= 15 is 0 Å². The number of benzene rings is 1. The molecule has 0 fully saturated rings. The van der Waals surface area contributed by atoms with E-state index in [4.69, 9.17) is 0 Å². The average molecular weight is 217 g/mol. The topological polar surface area (TPSA) is 26.3 Å². The van der Waals surface area contributed by atoms with Crippen LogP contribution in [0.15, 0.2) is 30.8 Å². The summed E-state index contributed by atoms with van der Waals surface area (Å²) < 4.78 is 4.58. The SMILES string of the molecule is C=Cc1cccc(C(C)(C)C(=O)O[Si])c1. The summed E-state index contributed by atoms with van der Waals surface area (Å²) >= 11 is 0. The molecule has 77 valence electrons. The van der Waals surface area contributed by atoms with Crippen molar-refractivity contribution in [3.63, 3.8) is 0 Å². The zero-order valence-electron chi connectivity index (χ0n) is 8.91. The molecule has 0 aliphatic rings. The maximum absolute atomic E-state index is 11.5. The predicted molar refractivity (Wildman–Crippen MR) is 61.4 cm³/mol. The van der Waals surface area contributed by atoms with E-state index < -0.39 is 5.41 Å². The van der Waals surface area contributed by atoms with Crippen LogP contribution in [-0.4, -0.2) is 16.5 Å². The lowest BCUT2D eigenvalue weighted by Crippen LogP contribution is -2.30. The second kappa shape index (κ2) is 4.44. The van der Waals surface area contributed by atoms with Gasteiger partial charge in [-0.2, -0.15) is 0 Å². The first-order chi connectivity index (χ1) is 7.02. The molecule has 0 atom stereocenters. The van der Waals surface area contributed by atoms with Crippen molar-refractivity contribution in [1.82, 2.24) is 0 Å². The van der Waals surface area contributed by atoms with E-state index in [-0.39, 0.29) is 5.97 Å². The molecule has 1 aromatic carbocycles. The molecule has 2 nitrogen and oxygen atoms in total. The molecule has 1 rings (SSSR count). The van der Waals surface area contributed by atoms with Crippen molar-refractivity contribution in [2.24, 2.45) is 0 Å². The van der Waals surface area contributed by atoms with Crippen molar-refractivity contribution in [3.05, 3.63) is 42.0 Å². The molecule has 0 aliphatic heterocycles. The first-order valence-electron chi connectivity index (χ1n) is 4.63. The van der Waals surface area contributed by atoms with Crippen LogP contribution in [0.5, 0.6) is 0 Å². The molecule has 15 heavy (non-hydrogen) atoms. The van der Waals surface area contributed by atoms with E-state index in [0.717, 1.165) is 11.1 Å². The van der Waals surface area contributed by atoms with Gasteiger partial charge in [-0.15, -0.1) is 0 Å². The van der Waals surface area contributed by atoms with Gasteiger partial charge in [-0.3, -0.25) is 4.79 Å². The normalized spacial score (nSPS) is 10.9. The fourth-order valence-corrected chi connectivity index (χ4v) is 1.55. The second-order valence-electron chi connectivity index (χ2n) is 3.84. The molecule has 0 bridgehead atoms. The standard InChI is InChI=1S/C12H13O2Si/c1-4-9-6-5-7-10(8-9)12(2,3)11(13)14-15/h4-8H,1H2,2-3H3. The van der Waals surface area contributed by atoms with E-state index in [2.05, 4.69) is 21.5 Å². The van der Waals surface area contributed by atoms with Crippen LogP contribution in [0.4, 0.5) is 0 Å². The molecule has 3 heteroatoms. The largest absolute Gasteiger partial charge is 0.515 e. The Balaban J connectivity index is 3.14. The zero-order chi connectivity index (χ0) is 11.5. The first-order valence-corrected chi connectivity index (χ1v) is 5.04. The van der Waals surface area contributed by atoms with Gasteiger partial charge in [-0.1, -0.05) is 36.9 Å². The van der Waals surface area contributed by atoms with Crippen molar-refractivity contribution in [2.75, 3.05) is 0 Å². The third-order valence-electron chi connectivity index (χ3n) is 2.45. The predicted octanol–water partition coefficient (Wildman–Crippen LogP) is 2.23. The molecule has 0 heterocycles. The molecule has 3 radical (unpaired) electrons. The third-order valence-corrected chi connectivity index (χ3v) is 2.63. The van der Waals surface area contributed by atoms with Crippen LogP contribution in [0.1, 0.15) is 25.0 Å². The molecule has 0 N–H and O–H groups in total. The third kappa shape index (κ3) is 2.36. The van der Waals surface area contributed by atoms with Crippen molar-refractivity contribution >= 4 is 22.5 Å². The van der Waals surface area contributed by atoms with Gasteiger partial charge in [0.05, 0.1) is 5.41 Å². The summed E-state index contributed by atoms with van der Waals surface area (Å²) in [5, 5.41) is 0. The van der Waals surface area contributed by atoms with E-state index in [0.29, 0.717) is 0 Å². The van der Waals surface area contributed by atoms with Gasteiger partial charge < -0.3 is 4.43 Å². The summed E-state index contributed by atoms with van der Waals surface area (Å²) in [4.78, 5) is 11.5. The van der Waals surface area contributed by atoms with Crippen LogP contribution in [0.25, 0.3) is 6.08 Å². The van der Waals surface area contributed by atoms with Gasteiger partial charge in [0.2, 0.25) is 0 Å². The van der Waals surface area contributed by atoms with Crippen molar-refractivity contribution in [3.8, 4) is 0 Å². The van der Waals surface area contributed by atoms with E-state index in [1.54, 1.807) is 6.08 Å². The van der Waals surface area contributed by atoms with Gasteiger partial charge >= 0.3 is 16.5 Å². The first kappa shape index (κ1) is 11.7. The minimum Gasteiger partial charge on any atom is -0.515 e. The molecule has 0 amide bonds. The molecule has 0 spiro atoms. The Bertz CT molecular complexity index is 383. The highest BCUT2D eigenvalue weighted by Crippen LogP contribution is 2.25. The quantitative estimate of drug-likeness (QED) is 0.726. The number of hydrogen-bond donors (Lipinski definition) is 0. The lowest BCUT2D eigenvalue weighted by Gasteiger charge is -2.22. The monoisotopic (exact) mass is 217 g/mol. The Morgan fingerprint density at radius 3 is 2.73 bits per heavy atom. The summed E-state index contributed by atoms with van der Waals surface area (Å²) in [7, 11) is 2.76. The number of hydrogen-bond acceptors (Lipinski definition) is 2. The van der Waals surface area contributed by atoms with E-state index in [1.807, 2.05) is 38.1 Å². The van der Waals surface area contributed by atoms with Gasteiger partial charge in [-0.25, -0.2) is 0 Å². The van der Waals surface area contributed by atoms with Gasteiger partial charge in [0, 0.05) is 0 Å². The Morgan fingerprint density at radius 1 is 1.53 bits per heavy atom. The Kier molecular flexibility index (Phi) is 3.47. The zero-order valence-corrected chi connectivity index (χ0v) is 9.91. The van der Waals surface area contributed by atoms with Crippen molar-refractivity contribution < 1.29 is 9.22 Å². The Labute approximate surface area is 93.5 Å². The fourth-order valence-electron chi connectivity index (χ4n) is 1.30. The smallest absolute Gasteiger partial charge is 0.345 e. The minimum absolute atomic E-state index is 0.319. The average Bonchev–Trinajstić information content (AvgIpc) is 2.27. The number of carbonyl (C=O) groups is 1. The van der Waals surface area contributed by atoms with Crippen LogP contribution in [-0.2, 0) is 14.6 Å². The van der Waals surface area contributed by atoms with Crippen LogP contribution >= 0.6 is 0 Å². The van der Waals surface area contributed by atoms with Crippen LogP contribution in [0.3, 0.4) is 0 Å². The van der Waals surface area contributed by atoms with Crippen molar-refractivity contribution in [2.45, 2.75) is 19.3 Å². The molecule has 1 aromatic rings. The molecular weight excluding hydrogens is 204 g/mol. The van der Waals surface area contributed by atoms with Gasteiger partial charge in [-0.05, 0) is 25.0 Å². The highest BCUT2D eigenvalue weighted by atomic mass is 28.2. The summed E-state index contributed by atoms with van der Waals surface area (Å²) in [6.07, 6.45) is 1.75. The maximum Gasteiger partial charge on any atom is 0.345 e. The Hall–Kier alpha value is -1.35. The molecular formula is C12H13O2Si. The Morgan fingerprint density at radius 2 is 2.20 bits per heavy atom. The molecule has 0 aromatic heterocycles. The number of rotatable bonds is 3. The summed E-state index contributed by atoms with van der Waals surface area (Å²) in [6.45, 7) is 7.33. The number of carbonyl (C=O) groups excluding carboxylic acids is 1. The molecule has 0 aliphatic carbocycles. The maximum atomic E-state index is 11.5. The second-order valence-corrected chi connectivity index (χ2v) is 4.05. The van der Waals surface area contributed by atoms with Gasteiger partial charge in [0.15, 0.2) is 0 Å². The summed E-state index contributed by atoms with van der Waals surface area (Å²) in [5.74, 6) is -0.319. The van der Waals surface area contributed by atoms with E-state index in [1.165, 1.54) is 0 Å². The highest BCUT2D eigenvalue weighted by molar-refractivity contribution is 6.07. The summed E-state index contributed by atoms with van der Waals surface area (Å²) in [6, 6.07) is 7.66. The fraction of sp³-hybridized carbons (Fsp3) is 0.250. The summed E-state index contributed by atoms with van der Waals surface area (Å²) in [5.41, 5.74) is 1.23. The van der Waals surface area contributed by atoms with Crippen LogP contribution < -0.4 is 0 Å². The molecule has 0 saturated heterocycles. The van der Waals surface area contributed by atoms with Gasteiger partial charge in [0.25, 0.3) is 0 Å². The van der Waals surface area contributed by atoms with Crippen LogP contribution in [0.2, 0.25) is 0 Å². The minimum atomic E-state index is -0.666. The lowest BCUT2D eigenvalue weighted by atomic mass is 9.84. The molecule has 0 unspecified atom stereocenters. The molecule has 0 saturated carbocycles. The lowest BCUT2D eigenvalue weighted by molar-refractivity contribution is -0.139. The van der Waals surface area contributed by atoms with E-state index in [9.17, 15) is 4.79 Å².